The van der Waals surface area contributed by atoms with Crippen molar-refractivity contribution < 1.29 is 18.8 Å². The summed E-state index contributed by atoms with van der Waals surface area (Å²) < 4.78 is 13.3. The molecule has 0 unspecified atom stereocenters. The average molecular weight is 563 g/mol. The summed E-state index contributed by atoms with van der Waals surface area (Å²) in [5.41, 5.74) is 2.83. The van der Waals surface area contributed by atoms with Crippen molar-refractivity contribution in [1.82, 2.24) is 10.2 Å². The van der Waals surface area contributed by atoms with Gasteiger partial charge in [0, 0.05) is 60.6 Å². The lowest BCUT2D eigenvalue weighted by Crippen LogP contribution is -2.50. The quantitative estimate of drug-likeness (QED) is 0.398. The summed E-state index contributed by atoms with van der Waals surface area (Å²) in [5.74, 6) is -0.586. The van der Waals surface area contributed by atoms with Crippen molar-refractivity contribution in [2.24, 2.45) is 5.92 Å². The highest BCUT2D eigenvalue weighted by Crippen LogP contribution is 2.29. The van der Waals surface area contributed by atoms with Crippen LogP contribution in [0.1, 0.15) is 52.0 Å². The first-order chi connectivity index (χ1) is 19.4. The number of piperazine rings is 1. The predicted molar refractivity (Wildman–Crippen MR) is 154 cm³/mol. The predicted octanol–water partition coefficient (Wildman–Crippen LogP) is 5.50. The molecule has 2 fully saturated rings. The summed E-state index contributed by atoms with van der Waals surface area (Å²) >= 11 is 5.94. The minimum Gasteiger partial charge on any atom is -0.367 e. The number of carbonyl (C=O) groups excluding carboxylic acids is 3. The van der Waals surface area contributed by atoms with E-state index < -0.39 is 0 Å². The molecule has 0 aromatic heterocycles. The fourth-order valence-corrected chi connectivity index (χ4v) is 5.48. The molecule has 3 aromatic rings. The first kappa shape index (κ1) is 27.6. The summed E-state index contributed by atoms with van der Waals surface area (Å²) in [7, 11) is 0. The van der Waals surface area contributed by atoms with E-state index >= 15 is 0 Å². The number of nitrogens with zero attached hydrogens (tertiary/aromatic N) is 2. The second-order valence-electron chi connectivity index (χ2n) is 10.3. The van der Waals surface area contributed by atoms with Crippen molar-refractivity contribution >= 4 is 40.7 Å². The molecule has 2 N–H and O–H groups in total. The Bertz CT molecular complexity index is 1370. The molecule has 3 amide bonds. The number of benzene rings is 3. The molecule has 7 nitrogen and oxygen atoms in total. The van der Waals surface area contributed by atoms with Crippen LogP contribution in [0.2, 0.25) is 5.02 Å². The van der Waals surface area contributed by atoms with Crippen molar-refractivity contribution in [3.63, 3.8) is 0 Å². The zero-order valence-corrected chi connectivity index (χ0v) is 22.9. The summed E-state index contributed by atoms with van der Waals surface area (Å²) in [6, 6.07) is 17.8. The van der Waals surface area contributed by atoms with Gasteiger partial charge < -0.3 is 20.4 Å². The van der Waals surface area contributed by atoms with Gasteiger partial charge in [0.05, 0.1) is 5.56 Å². The number of amides is 3. The zero-order chi connectivity index (χ0) is 28.1. The van der Waals surface area contributed by atoms with Gasteiger partial charge in [0.2, 0.25) is 5.91 Å². The highest BCUT2D eigenvalue weighted by molar-refractivity contribution is 6.30. The first-order valence-electron chi connectivity index (χ1n) is 13.6. The Balaban J connectivity index is 1.33. The van der Waals surface area contributed by atoms with Crippen LogP contribution >= 0.6 is 11.6 Å². The fraction of sp³-hybridized carbons (Fsp3) is 0.323. The van der Waals surface area contributed by atoms with Crippen molar-refractivity contribution in [2.45, 2.75) is 32.2 Å². The Hall–Kier alpha value is -3.91. The third-order valence-corrected chi connectivity index (χ3v) is 7.86. The van der Waals surface area contributed by atoms with Crippen molar-refractivity contribution in [3.05, 3.63) is 94.3 Å². The minimum atomic E-state index is -0.341. The maximum Gasteiger partial charge on any atom is 0.255 e. The molecule has 0 radical (unpaired) electrons. The van der Waals surface area contributed by atoms with E-state index in [4.69, 9.17) is 11.6 Å². The molecule has 5 rings (SSSR count). The Kier molecular flexibility index (Phi) is 8.65. The van der Waals surface area contributed by atoms with Crippen LogP contribution in [0.4, 0.5) is 15.8 Å². The molecule has 1 aliphatic heterocycles. The van der Waals surface area contributed by atoms with Crippen LogP contribution in [0, 0.1) is 11.7 Å². The van der Waals surface area contributed by atoms with E-state index in [-0.39, 0.29) is 36.0 Å². The van der Waals surface area contributed by atoms with Gasteiger partial charge in [-0.05, 0) is 73.0 Å². The van der Waals surface area contributed by atoms with E-state index in [0.717, 1.165) is 36.9 Å². The van der Waals surface area contributed by atoms with Crippen molar-refractivity contribution in [2.75, 3.05) is 36.4 Å². The molecular formula is C31H32ClFN4O3. The first-order valence-corrected chi connectivity index (χ1v) is 14.0. The molecule has 1 heterocycles. The van der Waals surface area contributed by atoms with E-state index in [9.17, 15) is 18.8 Å². The Labute approximate surface area is 238 Å². The standard InChI is InChI=1S/C31H32ClFN4O3/c32-24-9-7-22(8-10-24)29(38)35-26-13-14-28(27(19-26)30(39)34-20-21-5-11-25(33)12-6-21)36-15-17-37(18-16-36)31(40)23-3-1-2-4-23/h5-14,19,23H,1-4,15-18,20H2,(H,34,39)(H,35,38). The molecule has 2 aliphatic rings. The molecule has 1 aliphatic carbocycles. The average Bonchev–Trinajstić information content (AvgIpc) is 3.52. The van der Waals surface area contributed by atoms with Crippen LogP contribution in [-0.4, -0.2) is 48.8 Å². The third-order valence-electron chi connectivity index (χ3n) is 7.61. The van der Waals surface area contributed by atoms with Gasteiger partial charge in [-0.25, -0.2) is 4.39 Å². The van der Waals surface area contributed by atoms with E-state index in [1.807, 2.05) is 11.0 Å². The minimum absolute atomic E-state index is 0.142. The second-order valence-corrected chi connectivity index (χ2v) is 10.7. The summed E-state index contributed by atoms with van der Waals surface area (Å²) in [4.78, 5) is 43.2. The number of carbonyl (C=O) groups is 3. The number of hydrogen-bond donors (Lipinski definition) is 2. The van der Waals surface area contributed by atoms with Gasteiger partial charge in [-0.3, -0.25) is 14.4 Å². The van der Waals surface area contributed by atoms with Crippen molar-refractivity contribution in [1.29, 1.82) is 0 Å². The molecule has 0 spiro atoms. The number of anilines is 2. The van der Waals surface area contributed by atoms with Gasteiger partial charge >= 0.3 is 0 Å². The van der Waals surface area contributed by atoms with Crippen LogP contribution in [0.25, 0.3) is 0 Å². The lowest BCUT2D eigenvalue weighted by Gasteiger charge is -2.38. The summed E-state index contributed by atoms with van der Waals surface area (Å²) in [5, 5.41) is 6.31. The third kappa shape index (κ3) is 6.62. The molecule has 0 atom stereocenters. The molecule has 1 saturated carbocycles. The van der Waals surface area contributed by atoms with Gasteiger partial charge in [0.1, 0.15) is 5.82 Å². The van der Waals surface area contributed by atoms with E-state index in [1.165, 1.54) is 12.1 Å². The fourth-order valence-electron chi connectivity index (χ4n) is 5.35. The molecule has 0 bridgehead atoms. The second kappa shape index (κ2) is 12.5. The molecule has 3 aromatic carbocycles. The Morgan fingerprint density at radius 3 is 2.20 bits per heavy atom. The van der Waals surface area contributed by atoms with E-state index in [2.05, 4.69) is 15.5 Å². The maximum atomic E-state index is 13.4. The van der Waals surface area contributed by atoms with Crippen LogP contribution in [0.15, 0.2) is 66.7 Å². The van der Waals surface area contributed by atoms with Gasteiger partial charge in [0.15, 0.2) is 0 Å². The SMILES string of the molecule is O=C(Nc1ccc(N2CCN(C(=O)C3CCCC3)CC2)c(C(=O)NCc2ccc(F)cc2)c1)c1ccc(Cl)cc1. The monoisotopic (exact) mass is 562 g/mol. The topological polar surface area (TPSA) is 81.8 Å². The van der Waals surface area contributed by atoms with E-state index in [1.54, 1.807) is 48.5 Å². The summed E-state index contributed by atoms with van der Waals surface area (Å²) in [6.45, 7) is 2.63. The van der Waals surface area contributed by atoms with Crippen LogP contribution in [-0.2, 0) is 11.3 Å². The van der Waals surface area contributed by atoms with Crippen LogP contribution < -0.4 is 15.5 Å². The number of halogens is 2. The van der Waals surface area contributed by atoms with Crippen molar-refractivity contribution in [3.8, 4) is 0 Å². The lowest BCUT2D eigenvalue weighted by atomic mass is 10.1. The van der Waals surface area contributed by atoms with E-state index in [0.29, 0.717) is 48.0 Å². The largest absolute Gasteiger partial charge is 0.367 e. The highest BCUT2D eigenvalue weighted by atomic mass is 35.5. The Morgan fingerprint density at radius 1 is 0.850 bits per heavy atom. The molecule has 1 saturated heterocycles. The van der Waals surface area contributed by atoms with Gasteiger partial charge in [-0.15, -0.1) is 0 Å². The smallest absolute Gasteiger partial charge is 0.255 e. The molecular weight excluding hydrogens is 531 g/mol. The lowest BCUT2D eigenvalue weighted by molar-refractivity contribution is -0.135. The number of nitrogens with one attached hydrogen (secondary N) is 2. The van der Waals surface area contributed by atoms with Gasteiger partial charge in [-0.1, -0.05) is 36.6 Å². The van der Waals surface area contributed by atoms with Gasteiger partial charge in [0.25, 0.3) is 11.8 Å². The maximum absolute atomic E-state index is 13.4. The molecule has 40 heavy (non-hydrogen) atoms. The van der Waals surface area contributed by atoms with Crippen LogP contribution in [0.3, 0.4) is 0 Å². The van der Waals surface area contributed by atoms with Gasteiger partial charge in [-0.2, -0.15) is 0 Å². The molecule has 208 valence electrons. The summed E-state index contributed by atoms with van der Waals surface area (Å²) in [6.07, 6.45) is 4.18. The normalized spacial score (nSPS) is 15.7. The molecule has 9 heteroatoms. The number of rotatable bonds is 7. The number of hydrogen-bond acceptors (Lipinski definition) is 4. The zero-order valence-electron chi connectivity index (χ0n) is 22.2. The van der Waals surface area contributed by atoms with Crippen LogP contribution in [0.5, 0.6) is 0 Å². The highest BCUT2D eigenvalue weighted by Gasteiger charge is 2.30. The Morgan fingerprint density at radius 2 is 1.52 bits per heavy atom.